The minimum atomic E-state index is 0.526. The molecule has 1 aromatic heterocycles. The van der Waals surface area contributed by atoms with Crippen molar-refractivity contribution < 1.29 is 0 Å². The minimum Gasteiger partial charge on any atom is -0.378 e. The van der Waals surface area contributed by atoms with Crippen LogP contribution in [0, 0.1) is 14.9 Å². The van der Waals surface area contributed by atoms with Crippen LogP contribution in [-0.2, 0) is 6.54 Å². The summed E-state index contributed by atoms with van der Waals surface area (Å²) in [5.41, 5.74) is 1.45. The smallest absolute Gasteiger partial charge is 0.183 e. The summed E-state index contributed by atoms with van der Waals surface area (Å²) in [5, 5.41) is 12.4. The summed E-state index contributed by atoms with van der Waals surface area (Å²) >= 11 is 12.8. The van der Waals surface area contributed by atoms with Crippen LogP contribution in [0.2, 0.25) is 4.47 Å². The van der Waals surface area contributed by atoms with Crippen LogP contribution in [0.5, 0.6) is 0 Å². The lowest BCUT2D eigenvalue weighted by Crippen LogP contribution is -2.02. The SMILES string of the molecule is N#Cc1cc(Br)cc(I)c1NCc1cnc(Cl)s1. The molecule has 3 nitrogen and oxygen atoms in total. The fraction of sp³-hybridized carbons (Fsp3) is 0.0909. The van der Waals surface area contributed by atoms with Gasteiger partial charge in [0.25, 0.3) is 0 Å². The van der Waals surface area contributed by atoms with Crippen LogP contribution in [0.25, 0.3) is 0 Å². The first kappa shape index (κ1) is 14.1. The molecule has 7 heteroatoms. The van der Waals surface area contributed by atoms with E-state index in [4.69, 9.17) is 16.9 Å². The summed E-state index contributed by atoms with van der Waals surface area (Å²) in [6, 6.07) is 5.94. The Kier molecular flexibility index (Phi) is 4.84. The molecule has 0 saturated carbocycles. The Balaban J connectivity index is 2.21. The van der Waals surface area contributed by atoms with Crippen molar-refractivity contribution in [3.63, 3.8) is 0 Å². The number of anilines is 1. The van der Waals surface area contributed by atoms with Gasteiger partial charge < -0.3 is 5.32 Å². The van der Waals surface area contributed by atoms with Gasteiger partial charge in [-0.3, -0.25) is 0 Å². The first-order chi connectivity index (χ1) is 8.60. The van der Waals surface area contributed by atoms with Crippen molar-refractivity contribution in [1.82, 2.24) is 4.98 Å². The molecule has 2 aromatic rings. The molecule has 0 saturated heterocycles. The zero-order valence-electron chi connectivity index (χ0n) is 8.88. The predicted octanol–water partition coefficient (Wildman–Crippen LogP) is 4.65. The first-order valence-corrected chi connectivity index (χ1v) is 7.90. The van der Waals surface area contributed by atoms with Crippen LogP contribution in [0.15, 0.2) is 22.8 Å². The van der Waals surface area contributed by atoms with Gasteiger partial charge in [0.2, 0.25) is 0 Å². The summed E-state index contributed by atoms with van der Waals surface area (Å²) < 4.78 is 2.42. The fourth-order valence-corrected chi connectivity index (χ4v) is 4.00. The maximum Gasteiger partial charge on any atom is 0.183 e. The van der Waals surface area contributed by atoms with Crippen LogP contribution in [0.1, 0.15) is 10.4 Å². The quantitative estimate of drug-likeness (QED) is 0.687. The summed E-state index contributed by atoms with van der Waals surface area (Å²) in [7, 11) is 0. The molecule has 1 N–H and O–H groups in total. The molecule has 0 radical (unpaired) electrons. The zero-order valence-corrected chi connectivity index (χ0v) is 14.2. The van der Waals surface area contributed by atoms with Crippen LogP contribution in [0.3, 0.4) is 0 Å². The number of benzene rings is 1. The van der Waals surface area contributed by atoms with Gasteiger partial charge in [-0.25, -0.2) is 4.98 Å². The molecule has 0 aliphatic heterocycles. The van der Waals surface area contributed by atoms with Gasteiger partial charge in [0.1, 0.15) is 6.07 Å². The highest BCUT2D eigenvalue weighted by Gasteiger charge is 2.09. The molecule has 92 valence electrons. The maximum absolute atomic E-state index is 9.12. The number of nitrogens with one attached hydrogen (secondary N) is 1. The van der Waals surface area contributed by atoms with Crippen molar-refractivity contribution in [2.24, 2.45) is 0 Å². The number of nitriles is 1. The van der Waals surface area contributed by atoms with Crippen LogP contribution in [-0.4, -0.2) is 4.98 Å². The normalized spacial score (nSPS) is 10.1. The van der Waals surface area contributed by atoms with Gasteiger partial charge in [-0.15, -0.1) is 11.3 Å². The third-order valence-electron chi connectivity index (χ3n) is 2.14. The average Bonchev–Trinajstić information content (AvgIpc) is 2.73. The molecule has 1 aromatic carbocycles. The minimum absolute atomic E-state index is 0.526. The van der Waals surface area contributed by atoms with Crippen molar-refractivity contribution >= 4 is 67.1 Å². The number of hydrogen-bond acceptors (Lipinski definition) is 4. The molecule has 0 bridgehead atoms. The molecule has 0 spiro atoms. The Morgan fingerprint density at radius 2 is 2.33 bits per heavy atom. The summed E-state index contributed by atoms with van der Waals surface area (Å²) in [5.74, 6) is 0. The molecule has 2 rings (SSSR count). The zero-order chi connectivity index (χ0) is 13.1. The molecule has 0 unspecified atom stereocenters. The lowest BCUT2D eigenvalue weighted by atomic mass is 10.2. The topological polar surface area (TPSA) is 48.7 Å². The van der Waals surface area contributed by atoms with Crippen molar-refractivity contribution in [1.29, 1.82) is 5.26 Å². The fourth-order valence-electron chi connectivity index (χ4n) is 1.38. The highest BCUT2D eigenvalue weighted by Crippen LogP contribution is 2.28. The largest absolute Gasteiger partial charge is 0.378 e. The van der Waals surface area contributed by atoms with Gasteiger partial charge in [-0.05, 0) is 34.7 Å². The Morgan fingerprint density at radius 3 is 2.94 bits per heavy atom. The molecule has 0 atom stereocenters. The number of thiazole rings is 1. The van der Waals surface area contributed by atoms with Crippen LogP contribution < -0.4 is 5.32 Å². The molecular weight excluding hydrogens is 448 g/mol. The molecular formula is C11H6BrClIN3S. The second kappa shape index (κ2) is 6.19. The summed E-state index contributed by atoms with van der Waals surface area (Å²) in [6.45, 7) is 0.608. The molecule has 0 amide bonds. The Hall–Kier alpha value is -0.360. The van der Waals surface area contributed by atoms with Crippen molar-refractivity contribution in [2.75, 3.05) is 5.32 Å². The lowest BCUT2D eigenvalue weighted by Gasteiger charge is -2.09. The third-order valence-corrected chi connectivity index (χ3v) is 4.56. The van der Waals surface area contributed by atoms with Gasteiger partial charge in [0.05, 0.1) is 17.8 Å². The second-order valence-corrected chi connectivity index (χ2v) is 7.13. The van der Waals surface area contributed by atoms with E-state index in [0.717, 1.165) is 18.6 Å². The van der Waals surface area contributed by atoms with Crippen molar-refractivity contribution in [3.05, 3.63) is 41.3 Å². The van der Waals surface area contributed by atoms with Gasteiger partial charge in [0, 0.05) is 19.1 Å². The highest BCUT2D eigenvalue weighted by molar-refractivity contribution is 14.1. The predicted molar refractivity (Wildman–Crippen MR) is 86.0 cm³/mol. The first-order valence-electron chi connectivity index (χ1n) is 4.83. The second-order valence-electron chi connectivity index (χ2n) is 3.36. The molecule has 1 heterocycles. The lowest BCUT2D eigenvalue weighted by molar-refractivity contribution is 1.16. The van der Waals surface area contributed by atoms with E-state index in [1.54, 1.807) is 12.3 Å². The number of rotatable bonds is 3. The Labute approximate surface area is 135 Å². The monoisotopic (exact) mass is 453 g/mol. The van der Waals surface area contributed by atoms with Crippen molar-refractivity contribution in [3.8, 4) is 6.07 Å². The maximum atomic E-state index is 9.12. The number of halogens is 3. The summed E-state index contributed by atoms with van der Waals surface area (Å²) in [4.78, 5) is 5.01. The molecule has 0 aliphatic carbocycles. The van der Waals surface area contributed by atoms with Gasteiger partial charge in [-0.2, -0.15) is 5.26 Å². The third kappa shape index (κ3) is 3.35. The molecule has 0 aliphatic rings. The van der Waals surface area contributed by atoms with E-state index in [-0.39, 0.29) is 0 Å². The number of aromatic nitrogens is 1. The van der Waals surface area contributed by atoms with Crippen LogP contribution in [0.4, 0.5) is 5.69 Å². The standard InChI is InChI=1S/C11H6BrClIN3S/c12-7-1-6(3-15)10(9(14)2-7)16-4-8-5-17-11(13)18-8/h1-2,5,16H,4H2. The van der Waals surface area contributed by atoms with Gasteiger partial charge in [0.15, 0.2) is 4.47 Å². The number of hydrogen-bond donors (Lipinski definition) is 1. The van der Waals surface area contributed by atoms with Gasteiger partial charge in [-0.1, -0.05) is 27.5 Å². The van der Waals surface area contributed by atoms with E-state index in [1.807, 2.05) is 6.07 Å². The van der Waals surface area contributed by atoms with E-state index in [9.17, 15) is 0 Å². The van der Waals surface area contributed by atoms with E-state index < -0.39 is 0 Å². The highest BCUT2D eigenvalue weighted by atomic mass is 127. The van der Waals surface area contributed by atoms with E-state index in [0.29, 0.717) is 16.6 Å². The Morgan fingerprint density at radius 1 is 1.56 bits per heavy atom. The van der Waals surface area contributed by atoms with E-state index in [1.165, 1.54) is 11.3 Å². The molecule has 0 fully saturated rings. The summed E-state index contributed by atoms with van der Waals surface area (Å²) in [6.07, 6.45) is 1.73. The van der Waals surface area contributed by atoms with Gasteiger partial charge >= 0.3 is 0 Å². The van der Waals surface area contributed by atoms with Crippen molar-refractivity contribution in [2.45, 2.75) is 6.54 Å². The van der Waals surface area contributed by atoms with E-state index >= 15 is 0 Å². The average molecular weight is 455 g/mol. The number of nitrogens with zero attached hydrogens (tertiary/aromatic N) is 2. The van der Waals surface area contributed by atoms with E-state index in [2.05, 4.69) is 54.9 Å². The Bertz CT molecular complexity index is 623. The van der Waals surface area contributed by atoms with Crippen LogP contribution >= 0.6 is 61.5 Å². The molecule has 18 heavy (non-hydrogen) atoms.